The van der Waals surface area contributed by atoms with Crippen molar-refractivity contribution in [3.8, 4) is 5.75 Å². The van der Waals surface area contributed by atoms with E-state index in [9.17, 15) is 8.42 Å². The molecule has 1 heterocycles. The molecule has 2 rings (SSSR count). The van der Waals surface area contributed by atoms with Crippen molar-refractivity contribution < 1.29 is 13.2 Å². The number of hydrogen-bond donors (Lipinski definition) is 0. The van der Waals surface area contributed by atoms with Crippen LogP contribution in [0.3, 0.4) is 0 Å². The van der Waals surface area contributed by atoms with E-state index < -0.39 is 9.05 Å². The summed E-state index contributed by atoms with van der Waals surface area (Å²) >= 11 is 0. The highest BCUT2D eigenvalue weighted by molar-refractivity contribution is 8.13. The van der Waals surface area contributed by atoms with Gasteiger partial charge in [0.1, 0.15) is 5.75 Å². The van der Waals surface area contributed by atoms with E-state index in [1.807, 2.05) is 20.2 Å². The van der Waals surface area contributed by atoms with Gasteiger partial charge in [-0.05, 0) is 42.7 Å². The summed E-state index contributed by atoms with van der Waals surface area (Å²) < 4.78 is 30.3. The first-order valence-electron chi connectivity index (χ1n) is 6.44. The first-order valence-corrected chi connectivity index (χ1v) is 8.75. The lowest BCUT2D eigenvalue weighted by molar-refractivity contribution is 0.319. The SMILES string of the molecule is Cc1c(OCCc2cnn(C)c2)ccc(S(=O)(=O)Cl)c1C. The zero-order chi connectivity index (χ0) is 15.6. The van der Waals surface area contributed by atoms with Gasteiger partial charge in [-0.15, -0.1) is 0 Å². The van der Waals surface area contributed by atoms with Crippen LogP contribution >= 0.6 is 10.7 Å². The van der Waals surface area contributed by atoms with Crippen molar-refractivity contribution in [2.75, 3.05) is 6.61 Å². The predicted octanol–water partition coefficient (Wildman–Crippen LogP) is 2.59. The number of rotatable bonds is 5. The summed E-state index contributed by atoms with van der Waals surface area (Å²) in [6.07, 6.45) is 4.47. The van der Waals surface area contributed by atoms with E-state index in [0.717, 1.165) is 17.5 Å². The highest BCUT2D eigenvalue weighted by Crippen LogP contribution is 2.29. The maximum atomic E-state index is 11.4. The molecule has 21 heavy (non-hydrogen) atoms. The van der Waals surface area contributed by atoms with Gasteiger partial charge in [0.05, 0.1) is 17.7 Å². The van der Waals surface area contributed by atoms with Gasteiger partial charge in [0, 0.05) is 30.3 Å². The number of ether oxygens (including phenoxy) is 1. The predicted molar refractivity (Wildman–Crippen MR) is 81.4 cm³/mol. The monoisotopic (exact) mass is 328 g/mol. The van der Waals surface area contributed by atoms with Crippen LogP contribution in [0.1, 0.15) is 16.7 Å². The summed E-state index contributed by atoms with van der Waals surface area (Å²) in [5, 5.41) is 4.09. The van der Waals surface area contributed by atoms with Crippen molar-refractivity contribution in [2.24, 2.45) is 7.05 Å². The molecule has 0 atom stereocenters. The summed E-state index contributed by atoms with van der Waals surface area (Å²) in [6, 6.07) is 3.12. The Morgan fingerprint density at radius 3 is 2.57 bits per heavy atom. The number of aryl methyl sites for hydroxylation is 1. The Morgan fingerprint density at radius 1 is 1.29 bits per heavy atom. The average Bonchev–Trinajstić information content (AvgIpc) is 2.79. The molecule has 0 radical (unpaired) electrons. The fourth-order valence-corrected chi connectivity index (χ4v) is 3.32. The molecular formula is C14H17ClN2O3S. The molecule has 5 nitrogen and oxygen atoms in total. The lowest BCUT2D eigenvalue weighted by Gasteiger charge is -2.12. The standard InChI is InChI=1S/C14H17ClN2O3S/c1-10-11(2)14(21(15,18)19)5-4-13(10)20-7-6-12-8-16-17(3)9-12/h4-5,8-9H,6-7H2,1-3H3. The second-order valence-electron chi connectivity index (χ2n) is 4.87. The van der Waals surface area contributed by atoms with Crippen LogP contribution in [0, 0.1) is 13.8 Å². The van der Waals surface area contributed by atoms with Crippen LogP contribution in [-0.2, 0) is 22.5 Å². The van der Waals surface area contributed by atoms with Crippen LogP contribution in [0.15, 0.2) is 29.4 Å². The van der Waals surface area contributed by atoms with Crippen molar-refractivity contribution in [3.63, 3.8) is 0 Å². The van der Waals surface area contributed by atoms with Crippen molar-refractivity contribution >= 4 is 19.7 Å². The van der Waals surface area contributed by atoms with Crippen LogP contribution in [0.25, 0.3) is 0 Å². The Hall–Kier alpha value is -1.53. The van der Waals surface area contributed by atoms with E-state index in [4.69, 9.17) is 15.4 Å². The fourth-order valence-electron chi connectivity index (χ4n) is 2.07. The van der Waals surface area contributed by atoms with Crippen molar-refractivity contribution in [3.05, 3.63) is 41.2 Å². The van der Waals surface area contributed by atoms with E-state index in [2.05, 4.69) is 5.10 Å². The molecule has 2 aromatic rings. The Morgan fingerprint density at radius 2 is 2.00 bits per heavy atom. The van der Waals surface area contributed by atoms with E-state index in [0.29, 0.717) is 17.9 Å². The largest absolute Gasteiger partial charge is 0.493 e. The van der Waals surface area contributed by atoms with Gasteiger partial charge < -0.3 is 4.74 Å². The molecule has 0 aliphatic carbocycles. The third kappa shape index (κ3) is 3.77. The third-order valence-electron chi connectivity index (χ3n) is 3.36. The van der Waals surface area contributed by atoms with Gasteiger partial charge in [-0.2, -0.15) is 5.10 Å². The molecule has 0 spiro atoms. The summed E-state index contributed by atoms with van der Waals surface area (Å²) in [6.45, 7) is 4.04. The molecule has 0 aliphatic heterocycles. The van der Waals surface area contributed by atoms with Gasteiger partial charge in [-0.25, -0.2) is 8.42 Å². The second-order valence-corrected chi connectivity index (χ2v) is 7.40. The Labute approximate surface area is 128 Å². The van der Waals surface area contributed by atoms with Gasteiger partial charge in [-0.3, -0.25) is 4.68 Å². The molecule has 7 heteroatoms. The van der Waals surface area contributed by atoms with E-state index >= 15 is 0 Å². The number of benzene rings is 1. The third-order valence-corrected chi connectivity index (χ3v) is 4.82. The maximum absolute atomic E-state index is 11.4. The average molecular weight is 329 g/mol. The Bertz CT molecular complexity index is 754. The number of hydrogen-bond acceptors (Lipinski definition) is 4. The minimum Gasteiger partial charge on any atom is -0.493 e. The van der Waals surface area contributed by atoms with Crippen LogP contribution in [0.4, 0.5) is 0 Å². The van der Waals surface area contributed by atoms with Gasteiger partial charge in [0.15, 0.2) is 0 Å². The first-order chi connectivity index (χ1) is 9.79. The van der Waals surface area contributed by atoms with Crippen molar-refractivity contribution in [2.45, 2.75) is 25.2 Å². The normalized spacial score (nSPS) is 11.6. The summed E-state index contributed by atoms with van der Waals surface area (Å²) in [5.41, 5.74) is 2.48. The van der Waals surface area contributed by atoms with Crippen LogP contribution < -0.4 is 4.74 Å². The minimum atomic E-state index is -3.73. The number of nitrogens with zero attached hydrogens (tertiary/aromatic N) is 2. The summed E-state index contributed by atoms with van der Waals surface area (Å²) in [7, 11) is 3.53. The number of aromatic nitrogens is 2. The Kier molecular flexibility index (Phi) is 4.58. The molecule has 0 fully saturated rings. The molecule has 0 unspecified atom stereocenters. The zero-order valence-electron chi connectivity index (χ0n) is 12.1. The van der Waals surface area contributed by atoms with Crippen LogP contribution in [0.2, 0.25) is 0 Å². The smallest absolute Gasteiger partial charge is 0.261 e. The quantitative estimate of drug-likeness (QED) is 0.791. The van der Waals surface area contributed by atoms with Gasteiger partial charge in [-0.1, -0.05) is 0 Å². The molecule has 1 aromatic carbocycles. The van der Waals surface area contributed by atoms with Gasteiger partial charge in [0.2, 0.25) is 0 Å². The fraction of sp³-hybridized carbons (Fsp3) is 0.357. The molecule has 0 aliphatic rings. The lowest BCUT2D eigenvalue weighted by atomic mass is 10.1. The second kappa shape index (κ2) is 6.07. The number of halogens is 1. The molecule has 0 amide bonds. The zero-order valence-corrected chi connectivity index (χ0v) is 13.7. The van der Waals surface area contributed by atoms with Crippen molar-refractivity contribution in [1.82, 2.24) is 9.78 Å². The van der Waals surface area contributed by atoms with Crippen LogP contribution in [0.5, 0.6) is 5.75 Å². The van der Waals surface area contributed by atoms with Crippen LogP contribution in [-0.4, -0.2) is 24.8 Å². The van der Waals surface area contributed by atoms with E-state index in [-0.39, 0.29) is 4.90 Å². The lowest BCUT2D eigenvalue weighted by Crippen LogP contribution is -2.04. The molecule has 0 saturated carbocycles. The van der Waals surface area contributed by atoms with Crippen molar-refractivity contribution in [1.29, 1.82) is 0 Å². The van der Waals surface area contributed by atoms with E-state index in [1.54, 1.807) is 23.9 Å². The van der Waals surface area contributed by atoms with E-state index in [1.165, 1.54) is 6.07 Å². The molecule has 1 aromatic heterocycles. The van der Waals surface area contributed by atoms with Gasteiger partial charge in [0.25, 0.3) is 9.05 Å². The van der Waals surface area contributed by atoms with Gasteiger partial charge >= 0.3 is 0 Å². The minimum absolute atomic E-state index is 0.126. The highest BCUT2D eigenvalue weighted by Gasteiger charge is 2.16. The summed E-state index contributed by atoms with van der Waals surface area (Å²) in [5.74, 6) is 0.667. The molecular weight excluding hydrogens is 312 g/mol. The molecule has 0 bridgehead atoms. The highest BCUT2D eigenvalue weighted by atomic mass is 35.7. The molecule has 114 valence electrons. The topological polar surface area (TPSA) is 61.2 Å². The molecule has 0 saturated heterocycles. The first kappa shape index (κ1) is 15.9. The Balaban J connectivity index is 2.09. The maximum Gasteiger partial charge on any atom is 0.261 e. The summed E-state index contributed by atoms with van der Waals surface area (Å²) in [4.78, 5) is 0.126. The molecule has 0 N–H and O–H groups in total.